The number of rotatable bonds is 8. The Kier molecular flexibility index (Phi) is 9.03. The van der Waals surface area contributed by atoms with Crippen LogP contribution in [0.5, 0.6) is 0 Å². The van der Waals surface area contributed by atoms with Crippen molar-refractivity contribution in [3.05, 3.63) is 53.6 Å². The van der Waals surface area contributed by atoms with Gasteiger partial charge in [0.25, 0.3) is 0 Å². The highest BCUT2D eigenvalue weighted by Crippen LogP contribution is 2.76. The number of carbonyl (C=O) groups excluding carboxylic acids is 1. The Hall–Kier alpha value is -2.65. The number of sulfonamides is 1. The summed E-state index contributed by atoms with van der Waals surface area (Å²) in [6, 6.07) is 7.26. The van der Waals surface area contributed by atoms with Gasteiger partial charge in [-0.2, -0.15) is 0 Å². The van der Waals surface area contributed by atoms with Crippen LogP contribution in [0.4, 0.5) is 4.79 Å². The van der Waals surface area contributed by atoms with Gasteiger partial charge >= 0.3 is 12.0 Å². The summed E-state index contributed by atoms with van der Waals surface area (Å²) in [5.74, 6) is 1.40. The molecule has 4 N–H and O–H groups in total. The van der Waals surface area contributed by atoms with Gasteiger partial charge in [0.15, 0.2) is 0 Å². The van der Waals surface area contributed by atoms with E-state index in [0.29, 0.717) is 35.2 Å². The van der Waals surface area contributed by atoms with E-state index in [2.05, 4.69) is 69.6 Å². The lowest BCUT2D eigenvalue weighted by Crippen LogP contribution is -2.68. The lowest BCUT2D eigenvalue weighted by atomic mass is 9.33. The van der Waals surface area contributed by atoms with Crippen LogP contribution in [0.25, 0.3) is 5.57 Å². The number of allylic oxidation sites excluding steroid dienone is 3. The first-order valence-electron chi connectivity index (χ1n) is 18.5. The second-order valence-electron chi connectivity index (χ2n) is 17.8. The number of fused-ring (bicyclic) bond motifs is 7. The van der Waals surface area contributed by atoms with Gasteiger partial charge < -0.3 is 15.7 Å². The summed E-state index contributed by atoms with van der Waals surface area (Å²) >= 11 is 0. The van der Waals surface area contributed by atoms with Gasteiger partial charge in [-0.1, -0.05) is 65.0 Å². The number of urea groups is 1. The molecule has 0 heterocycles. The number of nitrogens with one attached hydrogen (secondary N) is 3. The molecule has 0 spiro atoms. The summed E-state index contributed by atoms with van der Waals surface area (Å²) in [5.41, 5.74) is 4.17. The van der Waals surface area contributed by atoms with Gasteiger partial charge in [-0.3, -0.25) is 0 Å². The molecule has 49 heavy (non-hydrogen) atoms. The minimum atomic E-state index is -3.31. The molecule has 4 saturated carbocycles. The largest absolute Gasteiger partial charge is 0.478 e. The summed E-state index contributed by atoms with van der Waals surface area (Å²) < 4.78 is 25.5. The molecule has 5 aliphatic carbocycles. The highest BCUT2D eigenvalue weighted by molar-refractivity contribution is 7.88. The zero-order valence-corrected chi connectivity index (χ0v) is 31.6. The van der Waals surface area contributed by atoms with Crippen LogP contribution in [0, 0.1) is 51.2 Å². The van der Waals surface area contributed by atoms with Gasteiger partial charge in [0.2, 0.25) is 10.0 Å². The Morgan fingerprint density at radius 2 is 1.59 bits per heavy atom. The minimum absolute atomic E-state index is 0.0385. The summed E-state index contributed by atoms with van der Waals surface area (Å²) in [4.78, 5) is 24.9. The van der Waals surface area contributed by atoms with Crippen molar-refractivity contribution in [3.8, 4) is 0 Å². The Labute approximate surface area is 294 Å². The van der Waals surface area contributed by atoms with E-state index < -0.39 is 16.0 Å². The van der Waals surface area contributed by atoms with Crippen molar-refractivity contribution in [2.24, 2.45) is 51.2 Å². The molecule has 0 bridgehead atoms. The van der Waals surface area contributed by atoms with Crippen molar-refractivity contribution in [2.45, 2.75) is 105 Å². The third-order valence-corrected chi connectivity index (χ3v) is 16.0. The quantitative estimate of drug-likeness (QED) is 0.165. The lowest BCUT2D eigenvalue weighted by Gasteiger charge is -2.72. The van der Waals surface area contributed by atoms with Crippen LogP contribution in [0.1, 0.15) is 115 Å². The zero-order chi connectivity index (χ0) is 35.8. The second-order valence-corrected chi connectivity index (χ2v) is 19.6. The fourth-order valence-corrected chi connectivity index (χ4v) is 13.4. The Morgan fingerprint density at radius 3 is 2.22 bits per heavy atom. The molecule has 9 atom stereocenters. The van der Waals surface area contributed by atoms with Crippen molar-refractivity contribution < 1.29 is 23.1 Å². The molecule has 0 saturated heterocycles. The number of amides is 2. The number of benzene rings is 1. The van der Waals surface area contributed by atoms with E-state index in [1.807, 2.05) is 12.1 Å². The van der Waals surface area contributed by atoms with Crippen molar-refractivity contribution in [3.63, 3.8) is 0 Å². The third kappa shape index (κ3) is 5.79. The first kappa shape index (κ1) is 36.2. The van der Waals surface area contributed by atoms with E-state index >= 15 is 0 Å². The zero-order valence-electron chi connectivity index (χ0n) is 30.7. The first-order chi connectivity index (χ1) is 22.8. The maximum Gasteiger partial charge on any atom is 0.335 e. The Balaban J connectivity index is 1.27. The molecule has 6 rings (SSSR count). The molecule has 2 amide bonds. The molecule has 0 aliphatic heterocycles. The molecule has 9 heteroatoms. The molecule has 8 nitrogen and oxygen atoms in total. The Morgan fingerprint density at radius 1 is 0.898 bits per heavy atom. The fraction of sp³-hybridized carbons (Fsp3) is 0.700. The average Bonchev–Trinajstić information content (AvgIpc) is 3.38. The van der Waals surface area contributed by atoms with E-state index in [0.717, 1.165) is 50.3 Å². The highest BCUT2D eigenvalue weighted by atomic mass is 32.2. The molecule has 270 valence electrons. The normalized spacial score (nSPS) is 39.3. The van der Waals surface area contributed by atoms with E-state index in [1.165, 1.54) is 30.4 Å². The summed E-state index contributed by atoms with van der Waals surface area (Å²) in [7, 11) is -3.31. The van der Waals surface area contributed by atoms with Crippen molar-refractivity contribution in [1.82, 2.24) is 15.4 Å². The van der Waals surface area contributed by atoms with E-state index in [9.17, 15) is 23.1 Å². The molecule has 0 unspecified atom stereocenters. The smallest absolute Gasteiger partial charge is 0.335 e. The summed E-state index contributed by atoms with van der Waals surface area (Å²) in [5, 5.41) is 15.9. The van der Waals surface area contributed by atoms with Gasteiger partial charge in [0.1, 0.15) is 0 Å². The summed E-state index contributed by atoms with van der Waals surface area (Å²) in [6.07, 6.45) is 13.4. The van der Waals surface area contributed by atoms with Gasteiger partial charge in [0.05, 0.1) is 11.8 Å². The van der Waals surface area contributed by atoms with Crippen molar-refractivity contribution >= 4 is 27.6 Å². The predicted molar refractivity (Wildman–Crippen MR) is 195 cm³/mol. The van der Waals surface area contributed by atoms with E-state index in [-0.39, 0.29) is 46.3 Å². The van der Waals surface area contributed by atoms with Crippen LogP contribution in [0.2, 0.25) is 0 Å². The summed E-state index contributed by atoms with van der Waals surface area (Å²) in [6.45, 7) is 19.7. The van der Waals surface area contributed by atoms with Gasteiger partial charge in [0, 0.05) is 18.6 Å². The standard InChI is InChI=1S/C40H59N3O5S/c1-25(2)28-15-20-40(43-35(46)41-23-24-42-49(8,47)48)22-21-38(6)30(33(28)40)13-14-32-37(5)18-16-29(26-9-11-27(12-10-26)34(44)45)36(3,4)31(37)17-19-39(32,38)7/h9-12,16,28,30-33,42H,1,13-15,17-24H2,2-8H3,(H,44,45)(H2,41,43,46)/t28-,30+,31-,32+,33+,37-,38+,39+,40-/m0/s1. The van der Waals surface area contributed by atoms with E-state index in [1.54, 1.807) is 12.1 Å². The number of hydrogen-bond acceptors (Lipinski definition) is 4. The van der Waals surface area contributed by atoms with Crippen molar-refractivity contribution in [1.29, 1.82) is 0 Å². The number of carboxylic acids is 1. The monoisotopic (exact) mass is 693 g/mol. The van der Waals surface area contributed by atoms with Crippen LogP contribution in [-0.4, -0.2) is 50.4 Å². The molecule has 1 aromatic carbocycles. The molecule has 0 radical (unpaired) electrons. The topological polar surface area (TPSA) is 125 Å². The predicted octanol–water partition coefficient (Wildman–Crippen LogP) is 7.64. The van der Waals surface area contributed by atoms with E-state index in [4.69, 9.17) is 0 Å². The van der Waals surface area contributed by atoms with Gasteiger partial charge in [-0.25, -0.2) is 22.7 Å². The third-order valence-electron chi connectivity index (χ3n) is 15.2. The number of carbonyl (C=O) groups is 2. The number of hydrogen-bond donors (Lipinski definition) is 4. The molecule has 1 aromatic rings. The molecular weight excluding hydrogens is 635 g/mol. The maximum atomic E-state index is 13.4. The van der Waals surface area contributed by atoms with Gasteiger partial charge in [-0.05, 0) is 139 Å². The minimum Gasteiger partial charge on any atom is -0.478 e. The van der Waals surface area contributed by atoms with Gasteiger partial charge in [-0.15, -0.1) is 0 Å². The SMILES string of the molecule is C=C(C)[C@@H]1CC[C@]2(NC(=O)NCCNS(C)(=O)=O)CC[C@]3(C)[C@H](CC[C@@H]4[C@@]5(C)CC=C(c6ccc(C(=O)O)cc6)C(C)(C)[C@@H]5CC[C@]43C)[C@@H]12. The first-order valence-corrected chi connectivity index (χ1v) is 20.4. The highest BCUT2D eigenvalue weighted by Gasteiger charge is 2.70. The Bertz CT molecular complexity index is 1650. The average molecular weight is 694 g/mol. The lowest BCUT2D eigenvalue weighted by molar-refractivity contribution is -0.218. The van der Waals surface area contributed by atoms with Crippen molar-refractivity contribution in [2.75, 3.05) is 19.3 Å². The maximum absolute atomic E-state index is 13.4. The molecule has 5 aliphatic rings. The molecule has 0 aromatic heterocycles. The van der Waals surface area contributed by atoms with Crippen LogP contribution < -0.4 is 15.4 Å². The number of carboxylic acid groups (broad SMARTS) is 1. The van der Waals surface area contributed by atoms with Crippen LogP contribution in [-0.2, 0) is 10.0 Å². The number of aromatic carboxylic acids is 1. The molecule has 4 fully saturated rings. The van der Waals surface area contributed by atoms with Crippen LogP contribution in [0.15, 0.2) is 42.5 Å². The van der Waals surface area contributed by atoms with Crippen LogP contribution >= 0.6 is 0 Å². The fourth-order valence-electron chi connectivity index (χ4n) is 12.9. The van der Waals surface area contributed by atoms with Crippen LogP contribution in [0.3, 0.4) is 0 Å². The second kappa shape index (κ2) is 12.2. The molecular formula is C40H59N3O5S.